The van der Waals surface area contributed by atoms with E-state index in [2.05, 4.69) is 24.1 Å². The van der Waals surface area contributed by atoms with Gasteiger partial charge in [0.2, 0.25) is 0 Å². The number of nitro groups is 1. The third-order valence-corrected chi connectivity index (χ3v) is 4.24. The minimum absolute atomic E-state index is 0.0874. The van der Waals surface area contributed by atoms with Crippen LogP contribution < -0.4 is 5.32 Å². The zero-order valence-corrected chi connectivity index (χ0v) is 13.3. The summed E-state index contributed by atoms with van der Waals surface area (Å²) in [6, 6.07) is 5.46. The van der Waals surface area contributed by atoms with Crippen LogP contribution in [0.25, 0.3) is 0 Å². The number of nitrogens with zero attached hydrogens (tertiary/aromatic N) is 2. The fraction of sp³-hybridized carbons (Fsp3) is 0.600. The highest BCUT2D eigenvalue weighted by Crippen LogP contribution is 2.29. The first-order chi connectivity index (χ1) is 9.97. The molecule has 1 aliphatic rings. The molecule has 1 fully saturated rings. The van der Waals surface area contributed by atoms with Crippen LogP contribution in [0.3, 0.4) is 0 Å². The van der Waals surface area contributed by atoms with Gasteiger partial charge in [0.05, 0.1) is 4.92 Å². The number of nitro benzene ring substituents is 1. The third-order valence-electron chi connectivity index (χ3n) is 4.01. The Labute approximate surface area is 130 Å². The number of likely N-dealkylation sites (tertiary alicyclic amines) is 1. The van der Waals surface area contributed by atoms with Gasteiger partial charge in [0.1, 0.15) is 5.69 Å². The highest BCUT2D eigenvalue weighted by Gasteiger charge is 2.21. The number of rotatable bonds is 4. The summed E-state index contributed by atoms with van der Waals surface area (Å²) in [5.41, 5.74) is 0.611. The van der Waals surface area contributed by atoms with Crippen LogP contribution in [0.2, 0.25) is 5.02 Å². The average molecular weight is 312 g/mol. The van der Waals surface area contributed by atoms with Crippen LogP contribution in [-0.4, -0.2) is 35.0 Å². The van der Waals surface area contributed by atoms with Crippen molar-refractivity contribution < 1.29 is 4.92 Å². The molecule has 0 spiro atoms. The maximum atomic E-state index is 11.1. The first-order valence-electron chi connectivity index (χ1n) is 7.42. The zero-order chi connectivity index (χ0) is 15.4. The van der Waals surface area contributed by atoms with E-state index in [-0.39, 0.29) is 16.7 Å². The van der Waals surface area contributed by atoms with Crippen molar-refractivity contribution in [2.45, 2.75) is 45.2 Å². The molecular weight excluding hydrogens is 290 g/mol. The summed E-state index contributed by atoms with van der Waals surface area (Å²) >= 11 is 5.97. The summed E-state index contributed by atoms with van der Waals surface area (Å²) in [7, 11) is 0. The normalized spacial score (nSPS) is 20.3. The van der Waals surface area contributed by atoms with Crippen LogP contribution in [-0.2, 0) is 0 Å². The van der Waals surface area contributed by atoms with E-state index in [1.807, 2.05) is 0 Å². The monoisotopic (exact) mass is 311 g/mol. The molecule has 0 bridgehead atoms. The Morgan fingerprint density at radius 2 is 2.14 bits per heavy atom. The number of halogens is 1. The number of hydrogen-bond donors (Lipinski definition) is 1. The van der Waals surface area contributed by atoms with Crippen molar-refractivity contribution in [2.24, 2.45) is 0 Å². The van der Waals surface area contributed by atoms with Gasteiger partial charge in [0, 0.05) is 29.7 Å². The molecule has 1 saturated heterocycles. The lowest BCUT2D eigenvalue weighted by atomic mass is 10.1. The van der Waals surface area contributed by atoms with Gasteiger partial charge in [-0.05, 0) is 51.8 Å². The van der Waals surface area contributed by atoms with Crippen molar-refractivity contribution in [3.8, 4) is 0 Å². The van der Waals surface area contributed by atoms with Gasteiger partial charge in [-0.3, -0.25) is 10.1 Å². The second kappa shape index (κ2) is 7.09. The lowest BCUT2D eigenvalue weighted by Gasteiger charge is -2.24. The van der Waals surface area contributed by atoms with E-state index < -0.39 is 0 Å². The van der Waals surface area contributed by atoms with Crippen molar-refractivity contribution in [1.29, 1.82) is 0 Å². The maximum absolute atomic E-state index is 11.1. The Bertz CT molecular complexity index is 508. The predicted octanol–water partition coefficient (Wildman–Crippen LogP) is 3.92. The van der Waals surface area contributed by atoms with Crippen molar-refractivity contribution >= 4 is 23.0 Å². The first-order valence-corrected chi connectivity index (χ1v) is 7.79. The summed E-state index contributed by atoms with van der Waals surface area (Å²) in [5, 5.41) is 14.9. The van der Waals surface area contributed by atoms with E-state index in [9.17, 15) is 10.1 Å². The van der Waals surface area contributed by atoms with Crippen molar-refractivity contribution in [3.63, 3.8) is 0 Å². The van der Waals surface area contributed by atoms with Crippen LogP contribution in [0.1, 0.15) is 33.1 Å². The van der Waals surface area contributed by atoms with Crippen molar-refractivity contribution in [1.82, 2.24) is 4.90 Å². The van der Waals surface area contributed by atoms with Gasteiger partial charge in [-0.2, -0.15) is 0 Å². The highest BCUT2D eigenvalue weighted by atomic mass is 35.5. The standard InChI is InChI=1S/C15H22ClN3O2/c1-11(2)18-8-3-4-13(7-9-18)17-14-10-12(16)5-6-15(14)19(20)21/h5-6,10-11,13,17H,3-4,7-9H2,1-2H3. The van der Waals surface area contributed by atoms with Gasteiger partial charge in [-0.1, -0.05) is 11.6 Å². The molecule has 1 aliphatic heterocycles. The first kappa shape index (κ1) is 16.0. The lowest BCUT2D eigenvalue weighted by Crippen LogP contribution is -2.32. The molecule has 6 heteroatoms. The Balaban J connectivity index is 2.08. The minimum atomic E-state index is -0.365. The van der Waals surface area contributed by atoms with Gasteiger partial charge >= 0.3 is 0 Å². The van der Waals surface area contributed by atoms with Crippen LogP contribution >= 0.6 is 11.6 Å². The molecule has 116 valence electrons. The van der Waals surface area contributed by atoms with E-state index in [0.29, 0.717) is 16.8 Å². The minimum Gasteiger partial charge on any atom is -0.377 e. The average Bonchev–Trinajstić information content (AvgIpc) is 2.64. The topological polar surface area (TPSA) is 58.4 Å². The van der Waals surface area contributed by atoms with Crippen molar-refractivity contribution in [3.05, 3.63) is 33.3 Å². The molecule has 1 unspecified atom stereocenters. The molecule has 0 saturated carbocycles. The number of benzene rings is 1. The molecule has 2 rings (SSSR count). The number of nitrogens with one attached hydrogen (secondary N) is 1. The molecule has 1 heterocycles. The van der Waals surface area contributed by atoms with Crippen LogP contribution in [0.15, 0.2) is 18.2 Å². The van der Waals surface area contributed by atoms with E-state index >= 15 is 0 Å². The molecular formula is C15H22ClN3O2. The van der Waals surface area contributed by atoms with Gasteiger partial charge < -0.3 is 10.2 Å². The van der Waals surface area contributed by atoms with Crippen LogP contribution in [0.4, 0.5) is 11.4 Å². The Hall–Kier alpha value is -1.33. The van der Waals surface area contributed by atoms with E-state index in [4.69, 9.17) is 11.6 Å². The molecule has 0 radical (unpaired) electrons. The molecule has 0 amide bonds. The van der Waals surface area contributed by atoms with Crippen molar-refractivity contribution in [2.75, 3.05) is 18.4 Å². The second-order valence-electron chi connectivity index (χ2n) is 5.82. The van der Waals surface area contributed by atoms with Gasteiger partial charge in [-0.25, -0.2) is 0 Å². The highest BCUT2D eigenvalue weighted by molar-refractivity contribution is 6.31. The number of hydrogen-bond acceptors (Lipinski definition) is 4. The van der Waals surface area contributed by atoms with E-state index in [1.54, 1.807) is 12.1 Å². The fourth-order valence-corrected chi connectivity index (χ4v) is 2.95. The van der Waals surface area contributed by atoms with Gasteiger partial charge in [0.15, 0.2) is 0 Å². The molecule has 5 nitrogen and oxygen atoms in total. The second-order valence-corrected chi connectivity index (χ2v) is 6.26. The van der Waals surface area contributed by atoms with E-state index in [1.165, 1.54) is 6.07 Å². The summed E-state index contributed by atoms with van der Waals surface area (Å²) < 4.78 is 0. The van der Waals surface area contributed by atoms with E-state index in [0.717, 1.165) is 32.4 Å². The Morgan fingerprint density at radius 1 is 1.38 bits per heavy atom. The molecule has 1 aromatic carbocycles. The fourth-order valence-electron chi connectivity index (χ4n) is 2.78. The lowest BCUT2D eigenvalue weighted by molar-refractivity contribution is -0.384. The predicted molar refractivity (Wildman–Crippen MR) is 86.1 cm³/mol. The molecule has 0 aliphatic carbocycles. The summed E-state index contributed by atoms with van der Waals surface area (Å²) in [6.45, 7) is 6.52. The SMILES string of the molecule is CC(C)N1CCCC(Nc2cc(Cl)ccc2[N+](=O)[O-])CC1. The number of anilines is 1. The molecule has 0 aromatic heterocycles. The Kier molecular flexibility index (Phi) is 5.42. The maximum Gasteiger partial charge on any atom is 0.292 e. The zero-order valence-electron chi connectivity index (χ0n) is 12.5. The smallest absolute Gasteiger partial charge is 0.292 e. The summed E-state index contributed by atoms with van der Waals surface area (Å²) in [5.74, 6) is 0. The molecule has 1 N–H and O–H groups in total. The quantitative estimate of drug-likeness (QED) is 0.676. The summed E-state index contributed by atoms with van der Waals surface area (Å²) in [4.78, 5) is 13.2. The Morgan fingerprint density at radius 3 is 2.81 bits per heavy atom. The molecule has 1 atom stereocenters. The van der Waals surface area contributed by atoms with Crippen LogP contribution in [0, 0.1) is 10.1 Å². The molecule has 21 heavy (non-hydrogen) atoms. The molecule has 1 aromatic rings. The largest absolute Gasteiger partial charge is 0.377 e. The summed E-state index contributed by atoms with van der Waals surface area (Å²) in [6.07, 6.45) is 3.11. The van der Waals surface area contributed by atoms with Gasteiger partial charge in [0.25, 0.3) is 5.69 Å². The van der Waals surface area contributed by atoms with Gasteiger partial charge in [-0.15, -0.1) is 0 Å². The van der Waals surface area contributed by atoms with Crippen LogP contribution in [0.5, 0.6) is 0 Å². The third kappa shape index (κ3) is 4.32.